The van der Waals surface area contributed by atoms with E-state index in [-0.39, 0.29) is 38.6 Å². The topological polar surface area (TPSA) is 111 Å². The second kappa shape index (κ2) is 47.0. The van der Waals surface area contributed by atoms with Crippen molar-refractivity contribution in [3.05, 3.63) is 85.1 Å². The van der Waals surface area contributed by atoms with Crippen LogP contribution in [0.15, 0.2) is 85.1 Å². The van der Waals surface area contributed by atoms with Gasteiger partial charge in [-0.15, -0.1) is 0 Å². The molecule has 372 valence electrons. The van der Waals surface area contributed by atoms with Gasteiger partial charge in [-0.25, -0.2) is 0 Å². The van der Waals surface area contributed by atoms with Crippen molar-refractivity contribution in [1.82, 2.24) is 0 Å². The summed E-state index contributed by atoms with van der Waals surface area (Å²) in [6, 6.07) is 0. The zero-order chi connectivity index (χ0) is 47.7. The predicted octanol–water partition coefficient (Wildman–Crippen LogP) is 13.1. The standard InChI is InChI=1S/C56H95NO8/c1-6-8-10-12-14-16-18-20-22-24-26-27-29-30-32-34-36-38-40-42-44-46-53(58)63-50-52(51-64-56(55(60)61)62-49-48-57(3,4)5)65-54(59)47-45-43-41-39-37-35-33-31-28-25-23-21-19-17-15-13-11-9-7-2/h9,11,15,17-18,20-21,23-24,26,28-31,52,56H,6-8,10,12-14,16,19,22,25,27,32-51H2,1-5H3/b11-9-,17-15-,20-18-,23-21-,26-24-,30-29-,31-28-. The van der Waals surface area contributed by atoms with Crippen LogP contribution in [0.4, 0.5) is 0 Å². The average Bonchev–Trinajstić information content (AvgIpc) is 3.27. The summed E-state index contributed by atoms with van der Waals surface area (Å²) in [5.74, 6) is -2.33. The van der Waals surface area contributed by atoms with E-state index in [2.05, 4.69) is 98.9 Å². The molecule has 0 N–H and O–H groups in total. The number of rotatable bonds is 46. The molecule has 0 rings (SSSR count). The number of hydrogen-bond acceptors (Lipinski definition) is 8. The number of hydrogen-bond donors (Lipinski definition) is 0. The smallest absolute Gasteiger partial charge is 0.306 e. The maximum Gasteiger partial charge on any atom is 0.306 e. The van der Waals surface area contributed by atoms with Gasteiger partial charge in [-0.3, -0.25) is 9.59 Å². The van der Waals surface area contributed by atoms with Crippen LogP contribution in [-0.4, -0.2) is 82.3 Å². The lowest BCUT2D eigenvalue weighted by molar-refractivity contribution is -0.870. The van der Waals surface area contributed by atoms with Gasteiger partial charge in [0.05, 0.1) is 40.3 Å². The number of unbranched alkanes of at least 4 members (excludes halogenated alkanes) is 17. The Hall–Kier alpha value is -3.53. The molecule has 0 aromatic carbocycles. The lowest BCUT2D eigenvalue weighted by atomic mass is 10.1. The first kappa shape index (κ1) is 61.5. The number of allylic oxidation sites excluding steroid dienone is 14. The van der Waals surface area contributed by atoms with Crippen LogP contribution in [0.3, 0.4) is 0 Å². The molecule has 9 heteroatoms. The van der Waals surface area contributed by atoms with Gasteiger partial charge >= 0.3 is 11.9 Å². The lowest BCUT2D eigenvalue weighted by Crippen LogP contribution is -2.44. The van der Waals surface area contributed by atoms with Gasteiger partial charge in [0.25, 0.3) is 0 Å². The molecule has 9 nitrogen and oxygen atoms in total. The van der Waals surface area contributed by atoms with Crippen molar-refractivity contribution in [3.63, 3.8) is 0 Å². The summed E-state index contributed by atoms with van der Waals surface area (Å²) in [6.07, 6.45) is 57.5. The maximum absolute atomic E-state index is 12.8. The third-order valence-electron chi connectivity index (χ3n) is 10.6. The van der Waals surface area contributed by atoms with Crippen LogP contribution < -0.4 is 5.11 Å². The fourth-order valence-corrected chi connectivity index (χ4v) is 6.65. The minimum absolute atomic E-state index is 0.138. The third kappa shape index (κ3) is 48.2. The summed E-state index contributed by atoms with van der Waals surface area (Å²) in [5.41, 5.74) is 0. The number of likely N-dealkylation sites (N-methyl/N-ethyl adjacent to an activating group) is 1. The Labute approximate surface area is 398 Å². The second-order valence-corrected chi connectivity index (χ2v) is 18.1. The predicted molar refractivity (Wildman–Crippen MR) is 269 cm³/mol. The number of carbonyl (C=O) groups excluding carboxylic acids is 3. The van der Waals surface area contributed by atoms with Crippen molar-refractivity contribution in [2.45, 2.75) is 206 Å². The van der Waals surface area contributed by atoms with E-state index in [1.807, 2.05) is 21.1 Å². The van der Waals surface area contributed by atoms with E-state index in [0.29, 0.717) is 17.4 Å². The van der Waals surface area contributed by atoms with Gasteiger partial charge in [-0.1, -0.05) is 176 Å². The summed E-state index contributed by atoms with van der Waals surface area (Å²) in [5, 5.41) is 11.7. The normalized spacial score (nSPS) is 13.6. The van der Waals surface area contributed by atoms with Crippen LogP contribution in [0.5, 0.6) is 0 Å². The molecule has 0 saturated heterocycles. The first-order valence-electron chi connectivity index (χ1n) is 25.7. The number of quaternary nitrogens is 1. The van der Waals surface area contributed by atoms with E-state index in [0.717, 1.165) is 109 Å². The summed E-state index contributed by atoms with van der Waals surface area (Å²) < 4.78 is 22.6. The summed E-state index contributed by atoms with van der Waals surface area (Å²) in [7, 11) is 5.90. The maximum atomic E-state index is 12.8. The molecule has 0 aliphatic heterocycles. The quantitative estimate of drug-likeness (QED) is 0.0195. The van der Waals surface area contributed by atoms with E-state index in [4.69, 9.17) is 18.9 Å². The first-order valence-corrected chi connectivity index (χ1v) is 25.7. The van der Waals surface area contributed by atoms with Gasteiger partial charge in [-0.05, 0) is 89.9 Å². The molecule has 0 aliphatic rings. The van der Waals surface area contributed by atoms with Crippen molar-refractivity contribution in [3.8, 4) is 0 Å². The van der Waals surface area contributed by atoms with Gasteiger partial charge in [0.15, 0.2) is 12.4 Å². The fourth-order valence-electron chi connectivity index (χ4n) is 6.65. The Morgan fingerprint density at radius 2 is 0.877 bits per heavy atom. The van der Waals surface area contributed by atoms with Crippen molar-refractivity contribution in [1.29, 1.82) is 0 Å². The largest absolute Gasteiger partial charge is 0.545 e. The molecular formula is C56H95NO8. The highest BCUT2D eigenvalue weighted by Crippen LogP contribution is 2.13. The highest BCUT2D eigenvalue weighted by molar-refractivity contribution is 5.70. The molecule has 0 aromatic heterocycles. The molecule has 0 aromatic rings. The summed E-state index contributed by atoms with van der Waals surface area (Å²) in [6.45, 7) is 4.57. The molecule has 0 fully saturated rings. The van der Waals surface area contributed by atoms with Crippen molar-refractivity contribution < 1.29 is 42.9 Å². The monoisotopic (exact) mass is 910 g/mol. The van der Waals surface area contributed by atoms with Gasteiger partial charge in [0.1, 0.15) is 13.2 Å². The molecular weight excluding hydrogens is 815 g/mol. The van der Waals surface area contributed by atoms with Crippen LogP contribution in [0, 0.1) is 0 Å². The van der Waals surface area contributed by atoms with E-state index in [1.165, 1.54) is 51.4 Å². The lowest BCUT2D eigenvalue weighted by Gasteiger charge is -2.26. The molecule has 0 bridgehead atoms. The Bertz CT molecular complexity index is 1340. The molecule has 0 heterocycles. The van der Waals surface area contributed by atoms with E-state index in [1.54, 1.807) is 0 Å². The molecule has 0 saturated carbocycles. The number of carboxylic acid groups (broad SMARTS) is 1. The number of esters is 2. The molecule has 0 aliphatic carbocycles. The number of carbonyl (C=O) groups is 3. The highest BCUT2D eigenvalue weighted by atomic mass is 16.7. The van der Waals surface area contributed by atoms with Gasteiger partial charge in [0.2, 0.25) is 0 Å². The molecule has 2 atom stereocenters. The summed E-state index contributed by atoms with van der Waals surface area (Å²) >= 11 is 0. The van der Waals surface area contributed by atoms with Crippen LogP contribution in [0.25, 0.3) is 0 Å². The Balaban J connectivity index is 4.41. The number of ether oxygens (including phenoxy) is 4. The van der Waals surface area contributed by atoms with Crippen LogP contribution in [-0.2, 0) is 33.3 Å². The SMILES string of the molecule is CC/C=C\C/C=C\C/C=C\C/C=C\CCCCCCCCC(=O)OC(COC(=O)CCCCCCCC/C=C\C/C=C\C/C=C\CCCCCCC)COC(OCC[N+](C)(C)C)C(=O)[O-]. The molecule has 0 radical (unpaired) electrons. The van der Waals surface area contributed by atoms with Gasteiger partial charge in [-0.2, -0.15) is 0 Å². The third-order valence-corrected chi connectivity index (χ3v) is 10.6. The van der Waals surface area contributed by atoms with E-state index < -0.39 is 24.3 Å². The van der Waals surface area contributed by atoms with Crippen molar-refractivity contribution in [2.75, 3.05) is 47.5 Å². The zero-order valence-electron chi connectivity index (χ0n) is 42.1. The molecule has 2 unspecified atom stereocenters. The molecule has 65 heavy (non-hydrogen) atoms. The fraction of sp³-hybridized carbons (Fsp3) is 0.696. The highest BCUT2D eigenvalue weighted by Gasteiger charge is 2.21. The minimum atomic E-state index is -1.63. The number of aliphatic carboxylic acids is 1. The average molecular weight is 910 g/mol. The van der Waals surface area contributed by atoms with Crippen molar-refractivity contribution in [2.24, 2.45) is 0 Å². The van der Waals surface area contributed by atoms with Crippen LogP contribution in [0.2, 0.25) is 0 Å². The summed E-state index contributed by atoms with van der Waals surface area (Å²) in [4.78, 5) is 37.2. The first-order chi connectivity index (χ1) is 31.6. The van der Waals surface area contributed by atoms with E-state index in [9.17, 15) is 19.5 Å². The van der Waals surface area contributed by atoms with Crippen molar-refractivity contribution >= 4 is 17.9 Å². The zero-order valence-corrected chi connectivity index (χ0v) is 42.1. The molecule has 0 spiro atoms. The van der Waals surface area contributed by atoms with Gasteiger partial charge in [0, 0.05) is 12.8 Å². The molecule has 0 amide bonds. The second-order valence-electron chi connectivity index (χ2n) is 18.1. The van der Waals surface area contributed by atoms with E-state index >= 15 is 0 Å². The minimum Gasteiger partial charge on any atom is -0.545 e. The van der Waals surface area contributed by atoms with Crippen LogP contribution >= 0.6 is 0 Å². The Morgan fingerprint density at radius 3 is 1.31 bits per heavy atom. The Morgan fingerprint density at radius 1 is 0.477 bits per heavy atom. The van der Waals surface area contributed by atoms with Crippen LogP contribution in [0.1, 0.15) is 194 Å². The number of carboxylic acids is 1. The Kier molecular flexibility index (Phi) is 44.4. The van der Waals surface area contributed by atoms with Gasteiger partial charge < -0.3 is 33.3 Å². The number of nitrogens with zero attached hydrogens (tertiary/aromatic N) is 1.